The Bertz CT molecular complexity index is 2100. The van der Waals surface area contributed by atoms with E-state index in [1.54, 1.807) is 0 Å². The molecule has 0 bridgehead atoms. The average Bonchev–Trinajstić information content (AvgIpc) is 3.24. The lowest BCUT2D eigenvalue weighted by atomic mass is 10.1. The van der Waals surface area contributed by atoms with Crippen LogP contribution in [-0.2, 0) is 0 Å². The minimum atomic E-state index is 1.03. The molecular formula is C49H41N5. The number of rotatable bonds is 12. The minimum absolute atomic E-state index is 1.03. The maximum Gasteiger partial charge on any atom is 0.0463 e. The van der Waals surface area contributed by atoms with Crippen molar-refractivity contribution < 1.29 is 0 Å². The summed E-state index contributed by atoms with van der Waals surface area (Å²) in [6, 6.07) is 76.0. The number of para-hydroxylation sites is 4. The molecule has 0 unspecified atom stereocenters. The van der Waals surface area contributed by atoms with Gasteiger partial charge in [-0.3, -0.25) is 0 Å². The molecule has 54 heavy (non-hydrogen) atoms. The van der Waals surface area contributed by atoms with E-state index in [2.05, 4.69) is 227 Å². The zero-order chi connectivity index (χ0) is 36.5. The fourth-order valence-electron chi connectivity index (χ4n) is 6.61. The molecule has 0 saturated heterocycles. The molecule has 262 valence electrons. The number of nitrogens with one attached hydrogen (secondary N) is 2. The first-order valence-electron chi connectivity index (χ1n) is 18.2. The van der Waals surface area contributed by atoms with E-state index in [1.807, 2.05) is 24.3 Å². The van der Waals surface area contributed by atoms with Gasteiger partial charge in [0.2, 0.25) is 0 Å². The van der Waals surface area contributed by atoms with Gasteiger partial charge in [0, 0.05) is 75.3 Å². The van der Waals surface area contributed by atoms with Crippen LogP contribution < -0.4 is 25.3 Å². The molecule has 0 fully saturated rings. The first-order valence-corrected chi connectivity index (χ1v) is 18.2. The molecule has 0 amide bonds. The second kappa shape index (κ2) is 16.0. The number of anilines is 12. The van der Waals surface area contributed by atoms with Crippen molar-refractivity contribution in [3.8, 4) is 0 Å². The summed E-state index contributed by atoms with van der Waals surface area (Å²) in [5.74, 6) is 0. The second-order valence-electron chi connectivity index (χ2n) is 13.0. The van der Waals surface area contributed by atoms with Gasteiger partial charge in [0.05, 0.1) is 0 Å². The number of nitrogens with zero attached hydrogens (tertiary/aromatic N) is 3. The maximum absolute atomic E-state index is 3.56. The Hall–Kier alpha value is -7.24. The van der Waals surface area contributed by atoms with Crippen molar-refractivity contribution in [2.75, 3.05) is 32.4 Å². The van der Waals surface area contributed by atoms with Gasteiger partial charge in [-0.1, -0.05) is 72.8 Å². The Kier molecular flexibility index (Phi) is 10.0. The van der Waals surface area contributed by atoms with Crippen LogP contribution >= 0.6 is 0 Å². The van der Waals surface area contributed by atoms with Crippen molar-refractivity contribution in [3.63, 3.8) is 0 Å². The highest BCUT2D eigenvalue weighted by molar-refractivity contribution is 5.79. The van der Waals surface area contributed by atoms with Crippen LogP contribution in [0.1, 0.15) is 0 Å². The van der Waals surface area contributed by atoms with Crippen molar-refractivity contribution in [1.82, 2.24) is 0 Å². The number of hydrogen-bond donors (Lipinski definition) is 2. The van der Waals surface area contributed by atoms with Crippen LogP contribution in [0.2, 0.25) is 0 Å². The van der Waals surface area contributed by atoms with Crippen LogP contribution in [0.3, 0.4) is 0 Å². The third-order valence-corrected chi connectivity index (χ3v) is 9.40. The standard InChI is InChI=1S/C49H41N5/c1-52(42-30-22-38(23-31-42)50-40-26-34-48(35-27-40)53(44-14-6-2-7-15-44)45-16-8-3-9-17-45)43-32-24-39(25-33-43)51-41-28-36-49(37-29-41)54(46-18-10-4-11-19-46)47-20-12-5-13-21-47/h2-37,50-51H,1H3. The van der Waals surface area contributed by atoms with E-state index in [4.69, 9.17) is 0 Å². The molecule has 0 radical (unpaired) electrons. The lowest BCUT2D eigenvalue weighted by Crippen LogP contribution is -2.10. The topological polar surface area (TPSA) is 33.8 Å². The summed E-state index contributed by atoms with van der Waals surface area (Å²) >= 11 is 0. The molecule has 0 aliphatic rings. The molecule has 5 nitrogen and oxygen atoms in total. The van der Waals surface area contributed by atoms with Crippen LogP contribution in [0, 0.1) is 0 Å². The molecule has 0 aliphatic carbocycles. The molecule has 0 heterocycles. The molecule has 0 spiro atoms. The van der Waals surface area contributed by atoms with Crippen molar-refractivity contribution >= 4 is 68.2 Å². The summed E-state index contributed by atoms with van der Waals surface area (Å²) < 4.78 is 0. The van der Waals surface area contributed by atoms with E-state index in [9.17, 15) is 0 Å². The van der Waals surface area contributed by atoms with Gasteiger partial charge in [0.15, 0.2) is 0 Å². The van der Waals surface area contributed by atoms with E-state index in [1.165, 1.54) is 0 Å². The van der Waals surface area contributed by atoms with Crippen LogP contribution in [0.4, 0.5) is 68.2 Å². The molecule has 8 aromatic rings. The highest BCUT2D eigenvalue weighted by Gasteiger charge is 2.13. The van der Waals surface area contributed by atoms with E-state index in [-0.39, 0.29) is 0 Å². The monoisotopic (exact) mass is 699 g/mol. The Morgan fingerprint density at radius 2 is 0.444 bits per heavy atom. The van der Waals surface area contributed by atoms with Gasteiger partial charge in [0.1, 0.15) is 0 Å². The van der Waals surface area contributed by atoms with Gasteiger partial charge in [0.25, 0.3) is 0 Å². The fraction of sp³-hybridized carbons (Fsp3) is 0.0204. The summed E-state index contributed by atoms with van der Waals surface area (Å²) in [4.78, 5) is 6.72. The average molecular weight is 700 g/mol. The fourth-order valence-corrected chi connectivity index (χ4v) is 6.61. The quantitative estimate of drug-likeness (QED) is 0.133. The lowest BCUT2D eigenvalue weighted by molar-refractivity contribution is 1.21. The van der Waals surface area contributed by atoms with E-state index < -0.39 is 0 Å². The predicted molar refractivity (Wildman–Crippen MR) is 230 cm³/mol. The molecule has 2 N–H and O–H groups in total. The van der Waals surface area contributed by atoms with E-state index >= 15 is 0 Å². The normalized spacial score (nSPS) is 10.7. The number of hydrogen-bond acceptors (Lipinski definition) is 5. The molecule has 0 aliphatic heterocycles. The molecule has 0 aromatic heterocycles. The number of benzene rings is 8. The van der Waals surface area contributed by atoms with E-state index in [0.29, 0.717) is 0 Å². The summed E-state index contributed by atoms with van der Waals surface area (Å²) in [5.41, 5.74) is 13.0. The Morgan fingerprint density at radius 3 is 0.685 bits per heavy atom. The van der Waals surface area contributed by atoms with Gasteiger partial charge >= 0.3 is 0 Å². The molecule has 0 saturated carbocycles. The zero-order valence-electron chi connectivity index (χ0n) is 30.1. The third kappa shape index (κ3) is 7.81. The van der Waals surface area contributed by atoms with Crippen molar-refractivity contribution in [2.45, 2.75) is 0 Å². The van der Waals surface area contributed by atoms with Gasteiger partial charge in [-0.25, -0.2) is 0 Å². The largest absolute Gasteiger partial charge is 0.356 e. The summed E-state index contributed by atoms with van der Waals surface area (Å²) in [6.07, 6.45) is 0. The third-order valence-electron chi connectivity index (χ3n) is 9.40. The van der Waals surface area contributed by atoms with Crippen LogP contribution in [-0.4, -0.2) is 7.05 Å². The molecular weight excluding hydrogens is 659 g/mol. The molecule has 0 atom stereocenters. The van der Waals surface area contributed by atoms with Crippen LogP contribution in [0.15, 0.2) is 218 Å². The Balaban J connectivity index is 0.901. The van der Waals surface area contributed by atoms with Gasteiger partial charge < -0.3 is 25.3 Å². The zero-order valence-corrected chi connectivity index (χ0v) is 30.1. The molecule has 5 heteroatoms. The van der Waals surface area contributed by atoms with Crippen LogP contribution in [0.5, 0.6) is 0 Å². The van der Waals surface area contributed by atoms with Crippen molar-refractivity contribution in [1.29, 1.82) is 0 Å². The maximum atomic E-state index is 3.56. The van der Waals surface area contributed by atoms with Gasteiger partial charge in [-0.15, -0.1) is 0 Å². The second-order valence-corrected chi connectivity index (χ2v) is 13.0. The first-order chi connectivity index (χ1) is 26.7. The lowest BCUT2D eigenvalue weighted by Gasteiger charge is -2.25. The summed E-state index contributed by atoms with van der Waals surface area (Å²) in [7, 11) is 2.10. The first kappa shape index (κ1) is 33.9. The van der Waals surface area contributed by atoms with Crippen LogP contribution in [0.25, 0.3) is 0 Å². The highest BCUT2D eigenvalue weighted by atomic mass is 15.1. The predicted octanol–water partition coefficient (Wildman–Crippen LogP) is 13.9. The van der Waals surface area contributed by atoms with E-state index in [0.717, 1.165) is 68.2 Å². The minimum Gasteiger partial charge on any atom is -0.356 e. The summed E-state index contributed by atoms with van der Waals surface area (Å²) in [5, 5.41) is 7.13. The van der Waals surface area contributed by atoms with Crippen molar-refractivity contribution in [2.24, 2.45) is 0 Å². The Morgan fingerprint density at radius 1 is 0.241 bits per heavy atom. The Labute approximate surface area is 318 Å². The van der Waals surface area contributed by atoms with Gasteiger partial charge in [-0.05, 0) is 146 Å². The molecule has 8 aromatic carbocycles. The molecule has 8 rings (SSSR count). The SMILES string of the molecule is CN(c1ccc(Nc2ccc(N(c3ccccc3)c3ccccc3)cc2)cc1)c1ccc(Nc2ccc(N(c3ccccc3)c3ccccc3)cc2)cc1. The van der Waals surface area contributed by atoms with Crippen molar-refractivity contribution in [3.05, 3.63) is 218 Å². The van der Waals surface area contributed by atoms with Gasteiger partial charge in [-0.2, -0.15) is 0 Å². The summed E-state index contributed by atoms with van der Waals surface area (Å²) in [6.45, 7) is 0. The smallest absolute Gasteiger partial charge is 0.0463 e. The highest BCUT2D eigenvalue weighted by Crippen LogP contribution is 2.37.